The molecule has 0 saturated carbocycles. The first-order valence-electron chi connectivity index (χ1n) is 6.64. The zero-order valence-corrected chi connectivity index (χ0v) is 11.6. The quantitative estimate of drug-likeness (QED) is 0.506. The van der Waals surface area contributed by atoms with Gasteiger partial charge < -0.3 is 9.47 Å². The van der Waals surface area contributed by atoms with Gasteiger partial charge in [0.1, 0.15) is 5.75 Å². The Balaban J connectivity index is 2.16. The predicted molar refractivity (Wildman–Crippen MR) is 67.6 cm³/mol. The molecule has 0 aromatic heterocycles. The van der Waals surface area contributed by atoms with Gasteiger partial charge in [0.15, 0.2) is 0 Å². The first-order chi connectivity index (χ1) is 10.2. The molecule has 0 bridgehead atoms. The monoisotopic (exact) mass is 330 g/mol. The minimum Gasteiger partial charge on any atom is -0.494 e. The molecule has 22 heavy (non-hydrogen) atoms. The average Bonchev–Trinajstić information content (AvgIpc) is 2.40. The molecule has 0 amide bonds. The smallest absolute Gasteiger partial charge is 0.423 e. The Hall–Kier alpha value is -1.44. The van der Waals surface area contributed by atoms with Crippen LogP contribution in [0.5, 0.6) is 5.75 Å². The highest BCUT2D eigenvalue weighted by Crippen LogP contribution is 2.35. The Bertz CT molecular complexity index is 402. The van der Waals surface area contributed by atoms with Gasteiger partial charge in [-0.1, -0.05) is 18.2 Å². The SMILES string of the molecule is FC(F)(F)C(OCCCCCOc1ccccc1)C(F)(F)F. The molecule has 8 heteroatoms. The molecule has 1 rings (SSSR count). The van der Waals surface area contributed by atoms with Crippen LogP contribution < -0.4 is 4.74 Å². The number of rotatable bonds is 8. The lowest BCUT2D eigenvalue weighted by Gasteiger charge is -2.23. The van der Waals surface area contributed by atoms with Gasteiger partial charge in [-0.15, -0.1) is 0 Å². The summed E-state index contributed by atoms with van der Waals surface area (Å²) in [5.41, 5.74) is 0. The summed E-state index contributed by atoms with van der Waals surface area (Å²) in [6.45, 7) is -0.263. The molecule has 0 atom stereocenters. The van der Waals surface area contributed by atoms with Gasteiger partial charge in [-0.05, 0) is 31.4 Å². The molecular formula is C14H16F6O2. The Morgan fingerprint density at radius 2 is 1.32 bits per heavy atom. The predicted octanol–water partition coefficient (Wildman–Crippen LogP) is 4.75. The van der Waals surface area contributed by atoms with E-state index in [0.717, 1.165) is 0 Å². The van der Waals surface area contributed by atoms with E-state index in [0.29, 0.717) is 25.2 Å². The van der Waals surface area contributed by atoms with E-state index in [4.69, 9.17) is 4.74 Å². The van der Waals surface area contributed by atoms with Crippen LogP contribution in [0.15, 0.2) is 30.3 Å². The van der Waals surface area contributed by atoms with E-state index in [1.54, 1.807) is 24.3 Å². The molecule has 1 aromatic carbocycles. The van der Waals surface area contributed by atoms with Gasteiger partial charge in [0, 0.05) is 6.61 Å². The van der Waals surface area contributed by atoms with Crippen LogP contribution in [0.3, 0.4) is 0 Å². The van der Waals surface area contributed by atoms with Crippen LogP contribution in [0, 0.1) is 0 Å². The molecule has 0 N–H and O–H groups in total. The maximum atomic E-state index is 12.2. The summed E-state index contributed by atoms with van der Waals surface area (Å²) in [5.74, 6) is 0.660. The first kappa shape index (κ1) is 18.6. The van der Waals surface area contributed by atoms with E-state index < -0.39 is 25.1 Å². The molecule has 0 aliphatic rings. The minimum absolute atomic E-state index is 0.0980. The molecule has 0 heterocycles. The minimum atomic E-state index is -5.45. The molecule has 0 radical (unpaired) electrons. The van der Waals surface area contributed by atoms with Crippen molar-refractivity contribution in [1.29, 1.82) is 0 Å². The number of alkyl halides is 6. The molecular weight excluding hydrogens is 314 g/mol. The number of hydrogen-bond acceptors (Lipinski definition) is 2. The maximum absolute atomic E-state index is 12.2. The van der Waals surface area contributed by atoms with Gasteiger partial charge in [-0.25, -0.2) is 0 Å². The third kappa shape index (κ3) is 7.02. The summed E-state index contributed by atoms with van der Waals surface area (Å²) in [7, 11) is 0. The highest BCUT2D eigenvalue weighted by Gasteiger charge is 2.57. The Morgan fingerprint density at radius 3 is 1.86 bits per heavy atom. The van der Waals surface area contributed by atoms with Gasteiger partial charge in [-0.2, -0.15) is 26.3 Å². The Morgan fingerprint density at radius 1 is 0.773 bits per heavy atom. The Labute approximate surface area is 124 Å². The lowest BCUT2D eigenvalue weighted by Crippen LogP contribution is -2.44. The van der Waals surface area contributed by atoms with E-state index in [9.17, 15) is 26.3 Å². The number of ether oxygens (including phenoxy) is 2. The van der Waals surface area contributed by atoms with Gasteiger partial charge in [0.2, 0.25) is 6.10 Å². The fourth-order valence-electron chi connectivity index (χ4n) is 1.66. The zero-order chi connectivity index (χ0) is 16.6. The van der Waals surface area contributed by atoms with Gasteiger partial charge in [-0.3, -0.25) is 0 Å². The van der Waals surface area contributed by atoms with Crippen LogP contribution in [0.2, 0.25) is 0 Å². The largest absolute Gasteiger partial charge is 0.494 e. The van der Waals surface area contributed by atoms with Crippen LogP contribution >= 0.6 is 0 Å². The van der Waals surface area contributed by atoms with Crippen LogP contribution in [0.25, 0.3) is 0 Å². The average molecular weight is 330 g/mol. The normalized spacial score (nSPS) is 12.7. The summed E-state index contributed by atoms with van der Waals surface area (Å²) in [5, 5.41) is 0. The van der Waals surface area contributed by atoms with Crippen molar-refractivity contribution < 1.29 is 35.8 Å². The van der Waals surface area contributed by atoms with Gasteiger partial charge >= 0.3 is 12.4 Å². The van der Waals surface area contributed by atoms with Crippen molar-refractivity contribution in [3.8, 4) is 5.75 Å². The van der Waals surface area contributed by atoms with Crippen molar-refractivity contribution in [1.82, 2.24) is 0 Å². The van der Waals surface area contributed by atoms with Crippen LogP contribution in [0.1, 0.15) is 19.3 Å². The van der Waals surface area contributed by atoms with E-state index >= 15 is 0 Å². The van der Waals surface area contributed by atoms with Crippen molar-refractivity contribution in [3.63, 3.8) is 0 Å². The summed E-state index contributed by atoms with van der Waals surface area (Å²) in [6, 6.07) is 8.90. The summed E-state index contributed by atoms with van der Waals surface area (Å²) >= 11 is 0. The molecule has 0 aliphatic carbocycles. The van der Waals surface area contributed by atoms with Gasteiger partial charge in [0.05, 0.1) is 6.61 Å². The molecule has 2 nitrogen and oxygen atoms in total. The first-order valence-corrected chi connectivity index (χ1v) is 6.64. The second-order valence-electron chi connectivity index (χ2n) is 4.56. The van der Waals surface area contributed by atoms with Crippen LogP contribution in [-0.4, -0.2) is 31.7 Å². The number of unbranched alkanes of at least 4 members (excludes halogenated alkanes) is 2. The second-order valence-corrected chi connectivity index (χ2v) is 4.56. The van der Waals surface area contributed by atoms with E-state index in [1.165, 1.54) is 0 Å². The molecule has 1 aromatic rings. The van der Waals surface area contributed by atoms with Crippen molar-refractivity contribution in [2.75, 3.05) is 13.2 Å². The fraction of sp³-hybridized carbons (Fsp3) is 0.571. The number of hydrogen-bond donors (Lipinski definition) is 0. The highest BCUT2D eigenvalue weighted by molar-refractivity contribution is 5.20. The van der Waals surface area contributed by atoms with Crippen molar-refractivity contribution in [2.45, 2.75) is 37.7 Å². The third-order valence-electron chi connectivity index (χ3n) is 2.68. The molecule has 0 aliphatic heterocycles. The lowest BCUT2D eigenvalue weighted by molar-refractivity contribution is -0.321. The van der Waals surface area contributed by atoms with E-state index in [1.807, 2.05) is 6.07 Å². The van der Waals surface area contributed by atoms with Crippen LogP contribution in [-0.2, 0) is 4.74 Å². The van der Waals surface area contributed by atoms with Gasteiger partial charge in [0.25, 0.3) is 0 Å². The standard InChI is InChI=1S/C14H16F6O2/c15-13(16,17)12(14(18,19)20)22-10-6-2-5-9-21-11-7-3-1-4-8-11/h1,3-4,7-8,12H,2,5-6,9-10H2. The van der Waals surface area contributed by atoms with Crippen molar-refractivity contribution >= 4 is 0 Å². The van der Waals surface area contributed by atoms with E-state index in [2.05, 4.69) is 4.74 Å². The summed E-state index contributed by atoms with van der Waals surface area (Å²) in [4.78, 5) is 0. The number of benzene rings is 1. The molecule has 0 unspecified atom stereocenters. The lowest BCUT2D eigenvalue weighted by atomic mass is 10.2. The molecule has 0 fully saturated rings. The Kier molecular flexibility index (Phi) is 6.99. The summed E-state index contributed by atoms with van der Waals surface area (Å²) < 4.78 is 82.3. The fourth-order valence-corrected chi connectivity index (χ4v) is 1.66. The zero-order valence-electron chi connectivity index (χ0n) is 11.6. The number of halogens is 6. The van der Waals surface area contributed by atoms with E-state index in [-0.39, 0.29) is 6.42 Å². The molecule has 126 valence electrons. The highest BCUT2D eigenvalue weighted by atomic mass is 19.4. The second kappa shape index (κ2) is 8.26. The van der Waals surface area contributed by atoms with Crippen LogP contribution in [0.4, 0.5) is 26.3 Å². The van der Waals surface area contributed by atoms with Crippen molar-refractivity contribution in [3.05, 3.63) is 30.3 Å². The topological polar surface area (TPSA) is 18.5 Å². The summed E-state index contributed by atoms with van der Waals surface area (Å²) in [6.07, 6.45) is -13.6. The third-order valence-corrected chi connectivity index (χ3v) is 2.68. The maximum Gasteiger partial charge on any atom is 0.423 e. The molecule has 0 saturated heterocycles. The van der Waals surface area contributed by atoms with Crippen molar-refractivity contribution in [2.24, 2.45) is 0 Å². The number of para-hydroxylation sites is 1. The molecule has 0 spiro atoms.